The largest absolute Gasteiger partial charge is 0.324 e. The van der Waals surface area contributed by atoms with E-state index in [1.54, 1.807) is 11.7 Å². The third-order valence-electron chi connectivity index (χ3n) is 4.40. The summed E-state index contributed by atoms with van der Waals surface area (Å²) in [6.07, 6.45) is 0.993. The van der Waals surface area contributed by atoms with Crippen molar-refractivity contribution in [3.8, 4) is 0 Å². The molecule has 28 heavy (non-hydrogen) atoms. The molecule has 3 aromatic heterocycles. The zero-order valence-corrected chi connectivity index (χ0v) is 16.8. The van der Waals surface area contributed by atoms with Crippen molar-refractivity contribution >= 4 is 45.6 Å². The Morgan fingerprint density at radius 1 is 1.25 bits per heavy atom. The van der Waals surface area contributed by atoms with Crippen LogP contribution in [0.1, 0.15) is 19.0 Å². The molecule has 0 aliphatic rings. The lowest BCUT2D eigenvalue weighted by atomic mass is 10.2. The Balaban J connectivity index is 1.56. The summed E-state index contributed by atoms with van der Waals surface area (Å²) in [7, 11) is 1.79. The summed E-state index contributed by atoms with van der Waals surface area (Å²) in [6.45, 7) is 4.87. The minimum Gasteiger partial charge on any atom is -0.324 e. The van der Waals surface area contributed by atoms with Crippen LogP contribution < -0.4 is 5.32 Å². The lowest BCUT2D eigenvalue weighted by Gasteiger charge is -2.05. The lowest BCUT2D eigenvalue weighted by molar-refractivity contribution is -0.113. The topological polar surface area (TPSA) is 90.5 Å². The van der Waals surface area contributed by atoms with Gasteiger partial charge in [-0.25, -0.2) is 4.98 Å². The summed E-state index contributed by atoms with van der Waals surface area (Å²) in [5, 5.41) is 17.2. The number of para-hydroxylation sites is 1. The molecule has 3 heterocycles. The number of carbonyl (C=O) groups is 1. The number of fused-ring (bicyclic) bond motifs is 3. The molecule has 0 saturated carbocycles. The van der Waals surface area contributed by atoms with Crippen molar-refractivity contribution in [3.63, 3.8) is 0 Å². The lowest BCUT2D eigenvalue weighted by Crippen LogP contribution is -2.16. The van der Waals surface area contributed by atoms with Crippen molar-refractivity contribution in [1.29, 1.82) is 0 Å². The number of hydrogen-bond donors (Lipinski definition) is 1. The minimum atomic E-state index is -0.134. The molecule has 0 aliphatic carbocycles. The van der Waals surface area contributed by atoms with Crippen LogP contribution in [0, 0.1) is 6.92 Å². The Hall–Kier alpha value is -2.94. The van der Waals surface area contributed by atoms with Crippen molar-refractivity contribution in [3.05, 3.63) is 36.0 Å². The van der Waals surface area contributed by atoms with E-state index in [0.29, 0.717) is 11.0 Å². The average molecular weight is 395 g/mol. The van der Waals surface area contributed by atoms with Gasteiger partial charge in [-0.05, 0) is 19.4 Å². The highest BCUT2D eigenvalue weighted by molar-refractivity contribution is 7.99. The second kappa shape index (κ2) is 7.59. The molecule has 8 nitrogen and oxygen atoms in total. The van der Waals surface area contributed by atoms with Crippen molar-refractivity contribution < 1.29 is 4.79 Å². The Bertz CT molecular complexity index is 1160. The summed E-state index contributed by atoms with van der Waals surface area (Å²) in [5.41, 5.74) is 3.56. The van der Waals surface area contributed by atoms with Crippen LogP contribution in [-0.2, 0) is 18.4 Å². The molecule has 144 valence electrons. The zero-order chi connectivity index (χ0) is 19.7. The Kier molecular flexibility index (Phi) is 4.99. The highest BCUT2D eigenvalue weighted by atomic mass is 32.2. The van der Waals surface area contributed by atoms with Crippen LogP contribution in [0.3, 0.4) is 0 Å². The quantitative estimate of drug-likeness (QED) is 0.504. The number of nitrogens with one attached hydrogen (secondary N) is 1. The maximum atomic E-state index is 12.3. The number of carbonyl (C=O) groups excluding carboxylic acids is 1. The molecule has 0 aliphatic heterocycles. The molecular weight excluding hydrogens is 374 g/mol. The number of thioether (sulfide) groups is 1. The number of rotatable bonds is 6. The molecule has 0 unspecified atom stereocenters. The third-order valence-corrected chi connectivity index (χ3v) is 5.24. The van der Waals surface area contributed by atoms with E-state index < -0.39 is 0 Å². The first-order valence-electron chi connectivity index (χ1n) is 9.11. The molecule has 4 aromatic rings. The number of aryl methyl sites for hydroxylation is 3. The molecule has 0 spiro atoms. The molecule has 1 N–H and O–H groups in total. The monoisotopic (exact) mass is 395 g/mol. The van der Waals surface area contributed by atoms with Gasteiger partial charge in [-0.1, -0.05) is 36.9 Å². The first-order chi connectivity index (χ1) is 13.6. The summed E-state index contributed by atoms with van der Waals surface area (Å²) in [4.78, 5) is 17.0. The van der Waals surface area contributed by atoms with E-state index in [4.69, 9.17) is 0 Å². The molecule has 1 aromatic carbocycles. The van der Waals surface area contributed by atoms with E-state index in [1.807, 2.05) is 31.2 Å². The van der Waals surface area contributed by atoms with Gasteiger partial charge in [-0.3, -0.25) is 9.48 Å². The van der Waals surface area contributed by atoms with E-state index in [1.165, 1.54) is 11.8 Å². The Labute approximate surface area is 166 Å². The van der Waals surface area contributed by atoms with E-state index in [-0.39, 0.29) is 11.7 Å². The van der Waals surface area contributed by atoms with Gasteiger partial charge in [0.25, 0.3) is 0 Å². The van der Waals surface area contributed by atoms with Gasteiger partial charge in [0.1, 0.15) is 11.3 Å². The van der Waals surface area contributed by atoms with Gasteiger partial charge in [0.2, 0.25) is 11.1 Å². The van der Waals surface area contributed by atoms with Crippen molar-refractivity contribution in [1.82, 2.24) is 29.5 Å². The van der Waals surface area contributed by atoms with Gasteiger partial charge in [-0.15, -0.1) is 10.2 Å². The number of benzene rings is 1. The average Bonchev–Trinajstić information content (AvgIpc) is 3.17. The van der Waals surface area contributed by atoms with Crippen LogP contribution in [-0.4, -0.2) is 41.2 Å². The molecule has 0 fully saturated rings. The van der Waals surface area contributed by atoms with E-state index in [9.17, 15) is 4.79 Å². The normalized spacial score (nSPS) is 11.4. The van der Waals surface area contributed by atoms with Crippen molar-refractivity contribution in [2.75, 3.05) is 11.1 Å². The number of aromatic nitrogens is 6. The standard InChI is InChI=1S/C19H21N7OS/c1-4-9-26-14-8-6-5-7-13(14)17-18(26)21-19(23-22-17)28-11-16(27)20-15-10-12(2)24-25(15)3/h5-8,10H,4,9,11H2,1-3H3,(H,20,27). The smallest absolute Gasteiger partial charge is 0.235 e. The maximum Gasteiger partial charge on any atom is 0.235 e. The van der Waals surface area contributed by atoms with E-state index >= 15 is 0 Å². The summed E-state index contributed by atoms with van der Waals surface area (Å²) >= 11 is 1.27. The fourth-order valence-corrected chi connectivity index (χ4v) is 3.82. The molecule has 1 amide bonds. The highest BCUT2D eigenvalue weighted by Gasteiger charge is 2.15. The summed E-state index contributed by atoms with van der Waals surface area (Å²) in [5.74, 6) is 0.734. The highest BCUT2D eigenvalue weighted by Crippen LogP contribution is 2.27. The van der Waals surface area contributed by atoms with Crippen molar-refractivity contribution in [2.45, 2.75) is 32.0 Å². The Morgan fingerprint density at radius 2 is 2.07 bits per heavy atom. The zero-order valence-electron chi connectivity index (χ0n) is 16.0. The molecular formula is C19H21N7OS. The second-order valence-corrected chi connectivity index (χ2v) is 7.51. The van der Waals surface area contributed by atoms with Crippen LogP contribution in [0.15, 0.2) is 35.5 Å². The van der Waals surface area contributed by atoms with Crippen LogP contribution in [0.5, 0.6) is 0 Å². The fourth-order valence-electron chi connectivity index (χ4n) is 3.24. The van der Waals surface area contributed by atoms with Gasteiger partial charge in [0.15, 0.2) is 5.65 Å². The molecule has 0 radical (unpaired) electrons. The maximum absolute atomic E-state index is 12.3. The fraction of sp³-hybridized carbons (Fsp3) is 0.316. The molecule has 4 rings (SSSR count). The number of amides is 1. The van der Waals surface area contributed by atoms with Crippen LogP contribution in [0.4, 0.5) is 5.82 Å². The Morgan fingerprint density at radius 3 is 2.82 bits per heavy atom. The van der Waals surface area contributed by atoms with Crippen LogP contribution in [0.25, 0.3) is 22.1 Å². The summed E-state index contributed by atoms with van der Waals surface area (Å²) in [6, 6.07) is 9.95. The minimum absolute atomic E-state index is 0.134. The third kappa shape index (κ3) is 3.45. The van der Waals surface area contributed by atoms with Gasteiger partial charge < -0.3 is 9.88 Å². The predicted octanol–water partition coefficient (Wildman–Crippen LogP) is 3.16. The molecule has 9 heteroatoms. The number of anilines is 1. The van der Waals surface area contributed by atoms with Crippen molar-refractivity contribution in [2.24, 2.45) is 7.05 Å². The van der Waals surface area contributed by atoms with Gasteiger partial charge in [0.05, 0.1) is 17.0 Å². The second-order valence-electron chi connectivity index (χ2n) is 6.57. The van der Waals surface area contributed by atoms with E-state index in [0.717, 1.165) is 40.7 Å². The number of hydrogen-bond acceptors (Lipinski definition) is 6. The van der Waals surface area contributed by atoms with Crippen LogP contribution in [0.2, 0.25) is 0 Å². The van der Waals surface area contributed by atoms with Gasteiger partial charge in [-0.2, -0.15) is 5.10 Å². The summed E-state index contributed by atoms with van der Waals surface area (Å²) < 4.78 is 3.81. The molecule has 0 saturated heterocycles. The first-order valence-corrected chi connectivity index (χ1v) is 10.1. The predicted molar refractivity (Wildman–Crippen MR) is 110 cm³/mol. The molecule has 0 bridgehead atoms. The number of nitrogens with zero attached hydrogens (tertiary/aromatic N) is 6. The van der Waals surface area contributed by atoms with Gasteiger partial charge in [0, 0.05) is 25.0 Å². The SMILES string of the molecule is CCCn1c2ccccc2c2nnc(SCC(=O)Nc3cc(C)nn3C)nc21. The molecule has 0 atom stereocenters. The van der Waals surface area contributed by atoms with Gasteiger partial charge >= 0.3 is 0 Å². The van der Waals surface area contributed by atoms with Crippen LogP contribution >= 0.6 is 11.8 Å². The van der Waals surface area contributed by atoms with E-state index in [2.05, 4.69) is 43.2 Å². The first kappa shape index (κ1) is 18.4.